The number of hydrogen-bond donors (Lipinski definition) is 1. The summed E-state index contributed by atoms with van der Waals surface area (Å²) in [6, 6.07) is 23.7. The SMILES string of the molecule is Cc1ccc(-n2cc(-c3ccccc3)nc2NC(=O)CN(C(=O)Cc2ccccc2)C(C)C)cc1F. The number of carbonyl (C=O) groups excluding carboxylic acids is 2. The fourth-order valence-electron chi connectivity index (χ4n) is 3.89. The summed E-state index contributed by atoms with van der Waals surface area (Å²) in [5.74, 6) is -0.622. The summed E-state index contributed by atoms with van der Waals surface area (Å²) in [4.78, 5) is 32.2. The van der Waals surface area contributed by atoms with Crippen LogP contribution < -0.4 is 5.32 Å². The molecule has 7 heteroatoms. The highest BCUT2D eigenvalue weighted by atomic mass is 19.1. The van der Waals surface area contributed by atoms with E-state index in [9.17, 15) is 14.0 Å². The lowest BCUT2D eigenvalue weighted by molar-refractivity contribution is -0.135. The molecule has 4 rings (SSSR count). The molecule has 6 nitrogen and oxygen atoms in total. The highest BCUT2D eigenvalue weighted by Gasteiger charge is 2.22. The minimum absolute atomic E-state index is 0.126. The van der Waals surface area contributed by atoms with Crippen molar-refractivity contribution < 1.29 is 14.0 Å². The second-order valence-electron chi connectivity index (χ2n) is 8.95. The molecule has 184 valence electrons. The molecule has 0 bridgehead atoms. The fraction of sp³-hybridized carbons (Fsp3) is 0.207. The summed E-state index contributed by atoms with van der Waals surface area (Å²) in [6.07, 6.45) is 1.97. The number of rotatable bonds is 8. The number of nitrogens with one attached hydrogen (secondary N) is 1. The Morgan fingerprint density at radius 2 is 1.67 bits per heavy atom. The normalized spacial score (nSPS) is 10.9. The van der Waals surface area contributed by atoms with Crippen molar-refractivity contribution in [2.45, 2.75) is 33.2 Å². The zero-order valence-electron chi connectivity index (χ0n) is 20.6. The molecule has 0 saturated carbocycles. The maximum absolute atomic E-state index is 14.4. The molecule has 0 fully saturated rings. The van der Waals surface area contributed by atoms with Gasteiger partial charge in [-0.05, 0) is 44.0 Å². The molecule has 3 aromatic carbocycles. The van der Waals surface area contributed by atoms with Gasteiger partial charge in [-0.15, -0.1) is 0 Å². The summed E-state index contributed by atoms with van der Waals surface area (Å²) in [7, 11) is 0. The number of halogens is 1. The predicted molar refractivity (Wildman–Crippen MR) is 139 cm³/mol. The molecule has 1 N–H and O–H groups in total. The van der Waals surface area contributed by atoms with Gasteiger partial charge in [0.15, 0.2) is 0 Å². The van der Waals surface area contributed by atoms with E-state index in [-0.39, 0.29) is 42.6 Å². The van der Waals surface area contributed by atoms with E-state index in [0.29, 0.717) is 16.9 Å². The van der Waals surface area contributed by atoms with Gasteiger partial charge in [0, 0.05) is 17.8 Å². The molecule has 0 spiro atoms. The summed E-state index contributed by atoms with van der Waals surface area (Å²) in [5.41, 5.74) is 3.44. The van der Waals surface area contributed by atoms with E-state index >= 15 is 0 Å². The maximum Gasteiger partial charge on any atom is 0.246 e. The molecular weight excluding hydrogens is 455 g/mol. The van der Waals surface area contributed by atoms with Crippen molar-refractivity contribution in [3.8, 4) is 16.9 Å². The fourth-order valence-corrected chi connectivity index (χ4v) is 3.89. The Morgan fingerprint density at radius 3 is 2.31 bits per heavy atom. The van der Waals surface area contributed by atoms with Gasteiger partial charge in [0.25, 0.3) is 0 Å². The Hall–Kier alpha value is -4.26. The number of aryl methyl sites for hydroxylation is 1. The number of aromatic nitrogens is 2. The van der Waals surface area contributed by atoms with Gasteiger partial charge in [0.2, 0.25) is 17.8 Å². The number of nitrogens with zero attached hydrogens (tertiary/aromatic N) is 3. The minimum Gasteiger partial charge on any atom is -0.331 e. The average Bonchev–Trinajstić information content (AvgIpc) is 3.28. The topological polar surface area (TPSA) is 67.2 Å². The molecule has 2 amide bonds. The molecule has 0 aliphatic carbocycles. The van der Waals surface area contributed by atoms with Gasteiger partial charge in [-0.3, -0.25) is 19.5 Å². The third-order valence-corrected chi connectivity index (χ3v) is 5.92. The van der Waals surface area contributed by atoms with Gasteiger partial charge >= 0.3 is 0 Å². The van der Waals surface area contributed by atoms with Crippen LogP contribution >= 0.6 is 0 Å². The highest BCUT2D eigenvalue weighted by molar-refractivity contribution is 5.94. The Morgan fingerprint density at radius 1 is 1.00 bits per heavy atom. The number of benzene rings is 3. The molecule has 0 unspecified atom stereocenters. The standard InChI is InChI=1S/C29H29FN4O2/c1-20(2)33(28(36)16-22-10-6-4-7-11-22)19-27(35)32-29-31-26(23-12-8-5-9-13-23)18-34(29)24-15-14-21(3)25(30)17-24/h4-15,17-18,20H,16,19H2,1-3H3,(H,31,32,35). The minimum atomic E-state index is -0.385. The third kappa shape index (κ3) is 5.86. The number of carbonyl (C=O) groups is 2. The van der Waals surface area contributed by atoms with E-state index < -0.39 is 0 Å². The molecule has 0 aliphatic rings. The Kier molecular flexibility index (Phi) is 7.59. The monoisotopic (exact) mass is 484 g/mol. The lowest BCUT2D eigenvalue weighted by Crippen LogP contribution is -2.43. The number of amides is 2. The lowest BCUT2D eigenvalue weighted by atomic mass is 10.1. The zero-order valence-corrected chi connectivity index (χ0v) is 20.6. The van der Waals surface area contributed by atoms with Crippen molar-refractivity contribution in [1.82, 2.24) is 14.5 Å². The summed E-state index contributed by atoms with van der Waals surface area (Å²) < 4.78 is 16.0. The molecule has 36 heavy (non-hydrogen) atoms. The van der Waals surface area contributed by atoms with E-state index in [1.54, 1.807) is 34.7 Å². The van der Waals surface area contributed by atoms with Crippen molar-refractivity contribution in [2.75, 3.05) is 11.9 Å². The van der Waals surface area contributed by atoms with Gasteiger partial charge in [0.1, 0.15) is 12.4 Å². The van der Waals surface area contributed by atoms with Crippen molar-refractivity contribution in [1.29, 1.82) is 0 Å². The summed E-state index contributed by atoms with van der Waals surface area (Å²) in [5, 5.41) is 2.83. The molecule has 1 aromatic heterocycles. The van der Waals surface area contributed by atoms with E-state index in [1.807, 2.05) is 74.5 Å². The van der Waals surface area contributed by atoms with Gasteiger partial charge in [-0.2, -0.15) is 0 Å². The Bertz CT molecular complexity index is 1350. The van der Waals surface area contributed by atoms with Crippen molar-refractivity contribution in [3.05, 3.63) is 102 Å². The molecule has 0 aliphatic heterocycles. The second kappa shape index (κ2) is 11.0. The second-order valence-corrected chi connectivity index (χ2v) is 8.95. The molecule has 4 aromatic rings. The van der Waals surface area contributed by atoms with Crippen LogP contribution in [0.3, 0.4) is 0 Å². The van der Waals surface area contributed by atoms with Crippen LogP contribution in [0.4, 0.5) is 10.3 Å². The molecular formula is C29H29FN4O2. The quantitative estimate of drug-likeness (QED) is 0.364. The summed E-state index contributed by atoms with van der Waals surface area (Å²) in [6.45, 7) is 5.32. The number of anilines is 1. The van der Waals surface area contributed by atoms with E-state index in [1.165, 1.54) is 6.07 Å². The third-order valence-electron chi connectivity index (χ3n) is 5.92. The average molecular weight is 485 g/mol. The van der Waals surface area contributed by atoms with E-state index in [4.69, 9.17) is 0 Å². The van der Waals surface area contributed by atoms with Gasteiger partial charge < -0.3 is 4.90 Å². The van der Waals surface area contributed by atoms with Crippen molar-refractivity contribution in [3.63, 3.8) is 0 Å². The number of hydrogen-bond acceptors (Lipinski definition) is 3. The molecule has 0 atom stereocenters. The van der Waals surface area contributed by atoms with Crippen LogP contribution in [0.15, 0.2) is 85.1 Å². The molecule has 0 radical (unpaired) electrons. The van der Waals surface area contributed by atoms with Crippen LogP contribution in [-0.2, 0) is 16.0 Å². The van der Waals surface area contributed by atoms with E-state index in [0.717, 1.165) is 11.1 Å². The van der Waals surface area contributed by atoms with Crippen molar-refractivity contribution >= 4 is 17.8 Å². The van der Waals surface area contributed by atoms with Crippen LogP contribution in [0.25, 0.3) is 16.9 Å². The van der Waals surface area contributed by atoms with Crippen LogP contribution in [0.5, 0.6) is 0 Å². The van der Waals surface area contributed by atoms with Crippen molar-refractivity contribution in [2.24, 2.45) is 0 Å². The van der Waals surface area contributed by atoms with Crippen LogP contribution in [0.1, 0.15) is 25.0 Å². The van der Waals surface area contributed by atoms with Gasteiger partial charge in [-0.25, -0.2) is 9.37 Å². The van der Waals surface area contributed by atoms with Crippen LogP contribution in [0.2, 0.25) is 0 Å². The maximum atomic E-state index is 14.4. The van der Waals surface area contributed by atoms with Crippen LogP contribution in [-0.4, -0.2) is 38.9 Å². The van der Waals surface area contributed by atoms with E-state index in [2.05, 4.69) is 10.3 Å². The Labute approximate surface area is 210 Å². The first-order chi connectivity index (χ1) is 17.3. The Balaban J connectivity index is 1.59. The number of imidazole rings is 1. The van der Waals surface area contributed by atoms with Gasteiger partial charge in [-0.1, -0.05) is 66.7 Å². The zero-order chi connectivity index (χ0) is 25.7. The first-order valence-electron chi connectivity index (χ1n) is 11.9. The molecule has 1 heterocycles. The molecule has 0 saturated heterocycles. The highest BCUT2D eigenvalue weighted by Crippen LogP contribution is 2.25. The predicted octanol–water partition coefficient (Wildman–Crippen LogP) is 5.41. The summed E-state index contributed by atoms with van der Waals surface area (Å²) >= 11 is 0. The first-order valence-corrected chi connectivity index (χ1v) is 11.9. The lowest BCUT2D eigenvalue weighted by Gasteiger charge is -2.26. The smallest absolute Gasteiger partial charge is 0.246 e. The first kappa shape index (κ1) is 24.9. The largest absolute Gasteiger partial charge is 0.331 e. The van der Waals surface area contributed by atoms with Crippen LogP contribution in [0, 0.1) is 12.7 Å². The van der Waals surface area contributed by atoms with Gasteiger partial charge in [0.05, 0.1) is 17.8 Å².